The minimum absolute atomic E-state index is 0.0391. The zero-order valence-electron chi connectivity index (χ0n) is 8.94. The van der Waals surface area contributed by atoms with Crippen molar-refractivity contribution < 1.29 is 23.1 Å². The number of primary amides is 1. The van der Waals surface area contributed by atoms with E-state index in [0.29, 0.717) is 4.88 Å². The second kappa shape index (κ2) is 4.11. The second-order valence-electron chi connectivity index (χ2n) is 3.89. The highest BCUT2D eigenvalue weighted by molar-refractivity contribution is 7.10. The molecule has 100 valence electrons. The number of halogens is 3. The van der Waals surface area contributed by atoms with Crippen LogP contribution in [0.4, 0.5) is 18.0 Å². The Balaban J connectivity index is 2.33. The van der Waals surface area contributed by atoms with Gasteiger partial charge in [0.05, 0.1) is 6.04 Å². The van der Waals surface area contributed by atoms with Crippen LogP contribution in [0.5, 0.6) is 0 Å². The Morgan fingerprint density at radius 3 is 2.72 bits per heavy atom. The summed E-state index contributed by atoms with van der Waals surface area (Å²) in [4.78, 5) is 11.6. The summed E-state index contributed by atoms with van der Waals surface area (Å²) in [6.07, 6.45) is -5.68. The Bertz CT molecular complexity index is 450. The molecule has 1 aliphatic rings. The van der Waals surface area contributed by atoms with Gasteiger partial charge in [-0.1, -0.05) is 6.07 Å². The molecular weight excluding hydrogens is 271 g/mol. The molecule has 4 N–H and O–H groups in total. The molecule has 5 nitrogen and oxygen atoms in total. The standard InChI is InChI=1S/C9H10F3N3O2S/c10-9(11,12)8(17)4-5(6-2-1-3-18-6)14-15(8)7(13)16/h1-3,5,14,17H,4H2,(H2,13,16)/t5-,8-/m0/s1. The van der Waals surface area contributed by atoms with Crippen molar-refractivity contribution in [3.05, 3.63) is 22.4 Å². The van der Waals surface area contributed by atoms with Crippen LogP contribution in [0.2, 0.25) is 0 Å². The van der Waals surface area contributed by atoms with Crippen molar-refractivity contribution in [3.63, 3.8) is 0 Å². The fourth-order valence-corrected chi connectivity index (χ4v) is 2.60. The second-order valence-corrected chi connectivity index (χ2v) is 4.87. The van der Waals surface area contributed by atoms with Crippen molar-refractivity contribution >= 4 is 17.4 Å². The maximum Gasteiger partial charge on any atom is 0.438 e. The lowest BCUT2D eigenvalue weighted by Crippen LogP contribution is -2.61. The summed E-state index contributed by atoms with van der Waals surface area (Å²) in [6.45, 7) is 0. The number of rotatable bonds is 1. The average Bonchev–Trinajstić information content (AvgIpc) is 2.82. The Hall–Kier alpha value is -1.32. The minimum Gasteiger partial charge on any atom is -0.362 e. The fraction of sp³-hybridized carbons (Fsp3) is 0.444. The van der Waals surface area contributed by atoms with Crippen LogP contribution in [0, 0.1) is 0 Å². The van der Waals surface area contributed by atoms with E-state index in [1.165, 1.54) is 11.3 Å². The van der Waals surface area contributed by atoms with E-state index in [-0.39, 0.29) is 5.01 Å². The van der Waals surface area contributed by atoms with E-state index in [4.69, 9.17) is 5.73 Å². The van der Waals surface area contributed by atoms with Gasteiger partial charge in [0.25, 0.3) is 5.72 Å². The van der Waals surface area contributed by atoms with Gasteiger partial charge in [0, 0.05) is 11.3 Å². The average molecular weight is 281 g/mol. The molecule has 0 aliphatic carbocycles. The van der Waals surface area contributed by atoms with E-state index in [0.717, 1.165) is 0 Å². The molecule has 1 aromatic rings. The number of nitrogens with two attached hydrogens (primary N) is 1. The zero-order valence-corrected chi connectivity index (χ0v) is 9.76. The first kappa shape index (κ1) is 13.1. The molecule has 9 heteroatoms. The Morgan fingerprint density at radius 2 is 2.33 bits per heavy atom. The number of nitrogens with one attached hydrogen (secondary N) is 1. The molecule has 2 heterocycles. The highest BCUT2D eigenvalue weighted by Gasteiger charge is 2.64. The molecule has 2 atom stereocenters. The topological polar surface area (TPSA) is 78.6 Å². The van der Waals surface area contributed by atoms with Crippen LogP contribution in [0.3, 0.4) is 0 Å². The molecule has 0 radical (unpaired) electrons. The highest BCUT2D eigenvalue weighted by Crippen LogP contribution is 2.44. The summed E-state index contributed by atoms with van der Waals surface area (Å²) < 4.78 is 38.5. The van der Waals surface area contributed by atoms with E-state index in [9.17, 15) is 23.1 Å². The molecule has 2 rings (SSSR count). The van der Waals surface area contributed by atoms with Crippen molar-refractivity contribution in [2.45, 2.75) is 24.4 Å². The van der Waals surface area contributed by atoms with Gasteiger partial charge in [0.1, 0.15) is 0 Å². The zero-order chi connectivity index (χ0) is 13.6. The number of hydrogen-bond acceptors (Lipinski definition) is 4. The number of thiophene rings is 1. The molecule has 1 aromatic heterocycles. The van der Waals surface area contributed by atoms with E-state index < -0.39 is 30.4 Å². The maximum atomic E-state index is 12.8. The lowest BCUT2D eigenvalue weighted by Gasteiger charge is -2.32. The van der Waals surface area contributed by atoms with Crippen LogP contribution in [0.1, 0.15) is 17.3 Å². The predicted molar refractivity (Wildman–Crippen MR) is 57.2 cm³/mol. The minimum atomic E-state index is -4.99. The molecule has 0 unspecified atom stereocenters. The smallest absolute Gasteiger partial charge is 0.362 e. The van der Waals surface area contributed by atoms with Gasteiger partial charge in [-0.2, -0.15) is 13.2 Å². The number of alkyl halides is 3. The number of urea groups is 1. The maximum absolute atomic E-state index is 12.8. The molecule has 0 spiro atoms. The van der Waals surface area contributed by atoms with E-state index in [1.807, 2.05) is 0 Å². The lowest BCUT2D eigenvalue weighted by atomic mass is 10.0. The van der Waals surface area contributed by atoms with Crippen molar-refractivity contribution in [2.75, 3.05) is 0 Å². The summed E-state index contributed by atoms with van der Waals surface area (Å²) in [5.41, 5.74) is 3.86. The van der Waals surface area contributed by atoms with Crippen LogP contribution in [0.15, 0.2) is 17.5 Å². The van der Waals surface area contributed by atoms with Gasteiger partial charge < -0.3 is 10.8 Å². The molecule has 2 amide bonds. The van der Waals surface area contributed by atoms with Gasteiger partial charge >= 0.3 is 12.2 Å². The first-order valence-electron chi connectivity index (χ1n) is 4.94. The fourth-order valence-electron chi connectivity index (χ4n) is 1.83. The van der Waals surface area contributed by atoms with Gasteiger partial charge in [-0.05, 0) is 11.4 Å². The SMILES string of the molecule is NC(=O)N1N[C@H](c2cccs2)C[C@]1(O)C(F)(F)F. The predicted octanol–water partition coefficient (Wildman–Crippen LogP) is 1.33. The van der Waals surface area contributed by atoms with Crippen molar-refractivity contribution in [3.8, 4) is 0 Å². The van der Waals surface area contributed by atoms with E-state index >= 15 is 0 Å². The number of amides is 2. The molecule has 1 saturated heterocycles. The number of aliphatic hydroxyl groups is 1. The Kier molecular flexibility index (Phi) is 2.99. The number of hydrazine groups is 1. The van der Waals surface area contributed by atoms with Crippen LogP contribution in [-0.4, -0.2) is 28.0 Å². The Labute approximate surface area is 104 Å². The van der Waals surface area contributed by atoms with E-state index in [2.05, 4.69) is 5.43 Å². The third-order valence-corrected chi connectivity index (χ3v) is 3.69. The highest BCUT2D eigenvalue weighted by atomic mass is 32.1. The van der Waals surface area contributed by atoms with Crippen molar-refractivity contribution in [1.29, 1.82) is 0 Å². The number of carbonyl (C=O) groups excluding carboxylic acids is 1. The first-order valence-corrected chi connectivity index (χ1v) is 5.82. The normalized spacial score (nSPS) is 28.7. The van der Waals surface area contributed by atoms with E-state index in [1.54, 1.807) is 17.5 Å². The van der Waals surface area contributed by atoms with Gasteiger partial charge in [-0.15, -0.1) is 11.3 Å². The monoisotopic (exact) mass is 281 g/mol. The third-order valence-electron chi connectivity index (χ3n) is 2.70. The summed E-state index contributed by atoms with van der Waals surface area (Å²) in [5, 5.41) is 11.4. The number of nitrogens with zero attached hydrogens (tertiary/aromatic N) is 1. The lowest BCUT2D eigenvalue weighted by molar-refractivity contribution is -0.299. The molecule has 0 aromatic carbocycles. The molecular formula is C9H10F3N3O2S. The molecule has 18 heavy (non-hydrogen) atoms. The third kappa shape index (κ3) is 1.93. The summed E-state index contributed by atoms with van der Waals surface area (Å²) in [7, 11) is 0. The van der Waals surface area contributed by atoms with Crippen molar-refractivity contribution in [2.24, 2.45) is 5.73 Å². The van der Waals surface area contributed by atoms with Crippen LogP contribution in [-0.2, 0) is 0 Å². The quantitative estimate of drug-likeness (QED) is 0.726. The van der Waals surface area contributed by atoms with Gasteiger partial charge in [-0.25, -0.2) is 15.2 Å². The van der Waals surface area contributed by atoms with Crippen molar-refractivity contribution in [1.82, 2.24) is 10.4 Å². The molecule has 1 fully saturated rings. The molecule has 0 bridgehead atoms. The van der Waals surface area contributed by atoms with Gasteiger partial charge in [0.2, 0.25) is 0 Å². The van der Waals surface area contributed by atoms with Crippen LogP contribution >= 0.6 is 11.3 Å². The van der Waals surface area contributed by atoms with Gasteiger partial charge in [-0.3, -0.25) is 0 Å². The van der Waals surface area contributed by atoms with Crippen LogP contribution < -0.4 is 11.2 Å². The summed E-state index contributed by atoms with van der Waals surface area (Å²) in [6, 6.07) is 1.10. The first-order chi connectivity index (χ1) is 8.25. The van der Waals surface area contributed by atoms with Crippen LogP contribution in [0.25, 0.3) is 0 Å². The molecule has 0 saturated carbocycles. The molecule has 1 aliphatic heterocycles. The largest absolute Gasteiger partial charge is 0.438 e. The summed E-state index contributed by atoms with van der Waals surface area (Å²) >= 11 is 1.23. The van der Waals surface area contributed by atoms with Gasteiger partial charge in [0.15, 0.2) is 0 Å². The number of carbonyl (C=O) groups is 1. The number of hydrogen-bond donors (Lipinski definition) is 3. The summed E-state index contributed by atoms with van der Waals surface area (Å²) in [5.74, 6) is 0. The Morgan fingerprint density at radius 1 is 1.67 bits per heavy atom.